The fourth-order valence-electron chi connectivity index (χ4n) is 2.64. The first-order valence-corrected chi connectivity index (χ1v) is 6.19. The van der Waals surface area contributed by atoms with E-state index in [1.807, 2.05) is 6.07 Å². The van der Waals surface area contributed by atoms with Gasteiger partial charge in [0.25, 0.3) is 0 Å². The number of benzene rings is 1. The number of likely N-dealkylation sites (N-methyl/N-ethyl adjacent to an activating group) is 1. The molecule has 1 aromatic rings. The van der Waals surface area contributed by atoms with Crippen LogP contribution in [0.1, 0.15) is 12.5 Å². The van der Waals surface area contributed by atoms with Gasteiger partial charge < -0.3 is 10.0 Å². The van der Waals surface area contributed by atoms with E-state index in [9.17, 15) is 0 Å². The van der Waals surface area contributed by atoms with E-state index in [1.54, 1.807) is 0 Å². The SMILES string of the molecule is CCN(CCO)c1cccc2c1CCB2C#N. The third-order valence-electron chi connectivity index (χ3n) is 3.49. The Balaban J connectivity index is 2.37. The summed E-state index contributed by atoms with van der Waals surface area (Å²) in [6.45, 7) is 3.85. The average molecular weight is 228 g/mol. The molecule has 1 aliphatic heterocycles. The number of hydrogen-bond acceptors (Lipinski definition) is 3. The van der Waals surface area contributed by atoms with E-state index in [4.69, 9.17) is 10.4 Å². The average Bonchev–Trinajstić information content (AvgIpc) is 2.79. The summed E-state index contributed by atoms with van der Waals surface area (Å²) in [5.74, 6) is 2.37. The second-order valence-electron chi connectivity index (χ2n) is 4.37. The predicted molar refractivity (Wildman–Crippen MR) is 70.9 cm³/mol. The van der Waals surface area contributed by atoms with Crippen LogP contribution in [-0.4, -0.2) is 31.5 Å². The molecule has 2 rings (SSSR count). The number of aliphatic hydroxyl groups excluding tert-OH is 1. The van der Waals surface area contributed by atoms with Gasteiger partial charge in [0, 0.05) is 24.7 Å². The van der Waals surface area contributed by atoms with Crippen LogP contribution in [0.3, 0.4) is 0 Å². The molecule has 4 heteroatoms. The maximum absolute atomic E-state index is 9.10. The Labute approximate surface area is 103 Å². The highest BCUT2D eigenvalue weighted by atomic mass is 16.3. The summed E-state index contributed by atoms with van der Waals surface area (Å²) >= 11 is 0. The molecular weight excluding hydrogens is 211 g/mol. The summed E-state index contributed by atoms with van der Waals surface area (Å²) in [5, 5.41) is 18.2. The van der Waals surface area contributed by atoms with Crippen molar-refractivity contribution in [3.8, 4) is 5.97 Å². The Morgan fingerprint density at radius 1 is 1.53 bits per heavy atom. The second kappa shape index (κ2) is 5.24. The summed E-state index contributed by atoms with van der Waals surface area (Å²) in [6.07, 6.45) is 1.91. The third-order valence-corrected chi connectivity index (χ3v) is 3.49. The molecule has 17 heavy (non-hydrogen) atoms. The van der Waals surface area contributed by atoms with Crippen LogP contribution in [0.2, 0.25) is 6.32 Å². The maximum atomic E-state index is 9.10. The van der Waals surface area contributed by atoms with Gasteiger partial charge in [-0.25, -0.2) is 5.26 Å². The smallest absolute Gasteiger partial charge is 0.300 e. The van der Waals surface area contributed by atoms with Gasteiger partial charge in [-0.3, -0.25) is 0 Å². The Bertz CT molecular complexity index is 442. The van der Waals surface area contributed by atoms with Gasteiger partial charge in [-0.05, 0) is 25.0 Å². The summed E-state index contributed by atoms with van der Waals surface area (Å²) in [7, 11) is 0. The van der Waals surface area contributed by atoms with Crippen molar-refractivity contribution in [2.24, 2.45) is 0 Å². The van der Waals surface area contributed by atoms with Crippen LogP contribution >= 0.6 is 0 Å². The van der Waals surface area contributed by atoms with Crippen LogP contribution in [0.4, 0.5) is 5.69 Å². The molecule has 0 fully saturated rings. The molecule has 0 bridgehead atoms. The van der Waals surface area contributed by atoms with Gasteiger partial charge in [0.15, 0.2) is 0 Å². The summed E-state index contributed by atoms with van der Waals surface area (Å²) in [6, 6.07) is 6.17. The molecule has 0 atom stereocenters. The van der Waals surface area contributed by atoms with Crippen molar-refractivity contribution in [3.05, 3.63) is 23.8 Å². The largest absolute Gasteiger partial charge is 0.395 e. The third kappa shape index (κ3) is 2.16. The van der Waals surface area contributed by atoms with Gasteiger partial charge in [-0.1, -0.05) is 23.9 Å². The summed E-state index contributed by atoms with van der Waals surface area (Å²) in [4.78, 5) is 2.18. The molecule has 1 N–H and O–H groups in total. The minimum atomic E-state index is 0.0535. The molecule has 1 aliphatic rings. The van der Waals surface area contributed by atoms with Crippen LogP contribution in [0.5, 0.6) is 0 Å². The van der Waals surface area contributed by atoms with Crippen molar-refractivity contribution in [3.63, 3.8) is 0 Å². The lowest BCUT2D eigenvalue weighted by Gasteiger charge is -2.25. The molecule has 88 valence electrons. The van der Waals surface area contributed by atoms with E-state index in [0.29, 0.717) is 6.54 Å². The van der Waals surface area contributed by atoms with Crippen LogP contribution in [0.15, 0.2) is 18.2 Å². The van der Waals surface area contributed by atoms with Crippen molar-refractivity contribution in [2.75, 3.05) is 24.6 Å². The monoisotopic (exact) mass is 228 g/mol. The zero-order chi connectivity index (χ0) is 12.3. The molecular formula is C13H17BN2O. The first-order valence-electron chi connectivity index (χ1n) is 6.19. The van der Waals surface area contributed by atoms with Crippen molar-refractivity contribution in [2.45, 2.75) is 19.7 Å². The Morgan fingerprint density at radius 3 is 3.00 bits per heavy atom. The molecule has 0 amide bonds. The maximum Gasteiger partial charge on any atom is 0.300 e. The zero-order valence-corrected chi connectivity index (χ0v) is 10.2. The predicted octanol–water partition coefficient (Wildman–Crippen LogP) is 0.826. The van der Waals surface area contributed by atoms with Crippen LogP contribution in [0.25, 0.3) is 0 Å². The van der Waals surface area contributed by atoms with Gasteiger partial charge in [-0.15, -0.1) is 0 Å². The zero-order valence-electron chi connectivity index (χ0n) is 10.2. The Kier molecular flexibility index (Phi) is 3.70. The number of fused-ring (bicyclic) bond motifs is 1. The van der Waals surface area contributed by atoms with Crippen LogP contribution in [0, 0.1) is 11.2 Å². The van der Waals surface area contributed by atoms with Gasteiger partial charge >= 0.3 is 6.71 Å². The number of rotatable bonds is 4. The van der Waals surface area contributed by atoms with E-state index in [-0.39, 0.29) is 13.3 Å². The van der Waals surface area contributed by atoms with Gasteiger partial charge in [-0.2, -0.15) is 0 Å². The molecule has 0 aliphatic carbocycles. The van der Waals surface area contributed by atoms with Crippen LogP contribution in [-0.2, 0) is 6.42 Å². The lowest BCUT2D eigenvalue weighted by atomic mass is 9.47. The van der Waals surface area contributed by atoms with Crippen molar-refractivity contribution in [1.82, 2.24) is 0 Å². The molecule has 0 spiro atoms. The number of nitrogens with zero attached hydrogens (tertiary/aromatic N) is 2. The lowest BCUT2D eigenvalue weighted by molar-refractivity contribution is 0.302. The quantitative estimate of drug-likeness (QED) is 0.776. The van der Waals surface area contributed by atoms with E-state index in [0.717, 1.165) is 19.3 Å². The standard InChI is InChI=1S/C13H17BN2O/c1-2-16(8-9-17)13-5-3-4-12-11(13)6-7-14(12)10-15/h3-5,17H,2,6-9H2,1H3. The van der Waals surface area contributed by atoms with E-state index < -0.39 is 0 Å². The topological polar surface area (TPSA) is 47.3 Å². The molecule has 1 heterocycles. The van der Waals surface area contributed by atoms with E-state index >= 15 is 0 Å². The molecule has 1 aromatic carbocycles. The summed E-state index contributed by atoms with van der Waals surface area (Å²) < 4.78 is 0. The van der Waals surface area contributed by atoms with Gasteiger partial charge in [0.05, 0.1) is 6.61 Å². The van der Waals surface area contributed by atoms with Crippen molar-refractivity contribution >= 4 is 17.9 Å². The van der Waals surface area contributed by atoms with E-state index in [1.165, 1.54) is 16.7 Å². The Hall–Kier alpha value is -1.47. The second-order valence-corrected chi connectivity index (χ2v) is 4.37. The fourth-order valence-corrected chi connectivity index (χ4v) is 2.64. The number of hydrogen-bond donors (Lipinski definition) is 1. The highest BCUT2D eigenvalue weighted by Crippen LogP contribution is 2.25. The molecule has 0 saturated heterocycles. The Morgan fingerprint density at radius 2 is 2.35 bits per heavy atom. The summed E-state index contributed by atoms with van der Waals surface area (Å²) in [5.41, 5.74) is 3.67. The fraction of sp³-hybridized carbons (Fsp3) is 0.462. The molecule has 0 aromatic heterocycles. The van der Waals surface area contributed by atoms with Crippen molar-refractivity contribution < 1.29 is 5.11 Å². The lowest BCUT2D eigenvalue weighted by Crippen LogP contribution is -2.30. The minimum absolute atomic E-state index is 0.0535. The van der Waals surface area contributed by atoms with Crippen LogP contribution < -0.4 is 10.4 Å². The number of nitriles is 1. The highest BCUT2D eigenvalue weighted by Gasteiger charge is 2.29. The highest BCUT2D eigenvalue weighted by molar-refractivity contribution is 6.81. The normalized spacial score (nSPS) is 13.4. The molecule has 3 nitrogen and oxygen atoms in total. The molecule has 0 unspecified atom stereocenters. The van der Waals surface area contributed by atoms with E-state index in [2.05, 4.69) is 29.9 Å². The first-order chi connectivity index (χ1) is 8.31. The van der Waals surface area contributed by atoms with Gasteiger partial charge in [0.1, 0.15) is 0 Å². The first kappa shape index (κ1) is 12.0. The minimum Gasteiger partial charge on any atom is -0.395 e. The molecule has 0 saturated carbocycles. The number of aliphatic hydroxyl groups is 1. The van der Waals surface area contributed by atoms with Gasteiger partial charge in [0.2, 0.25) is 0 Å². The molecule has 0 radical (unpaired) electrons. The number of anilines is 1. The van der Waals surface area contributed by atoms with Crippen molar-refractivity contribution in [1.29, 1.82) is 5.26 Å².